The SMILES string of the molecule is Cc1noc(C)c1NC(=O)Nc1ccc2c(c1)C(=O)N([C@H](C)CO)C[C@H](C)[C@H](CN(C)C(=O)Nc1c(C)noc1C)O2. The number of hydrogen-bond acceptors (Lipinski definition) is 9. The Bertz CT molecular complexity index is 1430. The van der Waals surface area contributed by atoms with Crippen LogP contribution in [-0.4, -0.2) is 82.1 Å². The Labute approximate surface area is 243 Å². The number of fused-ring (bicyclic) bond motifs is 1. The number of aliphatic hydroxyl groups excluding tert-OH is 1. The minimum atomic E-state index is -0.540. The van der Waals surface area contributed by atoms with Crippen molar-refractivity contribution >= 4 is 35.0 Å². The van der Waals surface area contributed by atoms with Crippen molar-refractivity contribution in [2.45, 2.75) is 53.7 Å². The monoisotopic (exact) mass is 583 g/mol. The Balaban J connectivity index is 1.57. The number of hydrogen-bond donors (Lipinski definition) is 4. The van der Waals surface area contributed by atoms with Crippen molar-refractivity contribution in [3.63, 3.8) is 0 Å². The van der Waals surface area contributed by atoms with E-state index in [1.54, 1.807) is 58.7 Å². The van der Waals surface area contributed by atoms with Crippen LogP contribution in [0.3, 0.4) is 0 Å². The average molecular weight is 584 g/mol. The molecule has 0 unspecified atom stereocenters. The van der Waals surface area contributed by atoms with E-state index in [4.69, 9.17) is 13.8 Å². The molecule has 14 heteroatoms. The number of nitrogens with zero attached hydrogens (tertiary/aromatic N) is 4. The van der Waals surface area contributed by atoms with Crippen LogP contribution in [0.1, 0.15) is 47.1 Å². The van der Waals surface area contributed by atoms with Crippen molar-refractivity contribution in [3.8, 4) is 5.75 Å². The van der Waals surface area contributed by atoms with E-state index >= 15 is 0 Å². The van der Waals surface area contributed by atoms with Crippen LogP contribution in [0.5, 0.6) is 5.75 Å². The second-order valence-corrected chi connectivity index (χ2v) is 10.6. The highest BCUT2D eigenvalue weighted by Crippen LogP contribution is 2.31. The lowest BCUT2D eigenvalue weighted by Crippen LogP contribution is -2.50. The van der Waals surface area contributed by atoms with E-state index in [2.05, 4.69) is 26.3 Å². The lowest BCUT2D eigenvalue weighted by Gasteiger charge is -2.38. The van der Waals surface area contributed by atoms with Gasteiger partial charge in [0.05, 0.1) is 24.8 Å². The van der Waals surface area contributed by atoms with Crippen LogP contribution in [0.15, 0.2) is 27.2 Å². The number of aliphatic hydroxyl groups is 1. The number of amides is 5. The maximum Gasteiger partial charge on any atom is 0.323 e. The summed E-state index contributed by atoms with van der Waals surface area (Å²) in [5, 5.41) is 25.9. The topological polar surface area (TPSA) is 175 Å². The molecule has 4 rings (SSSR count). The number of aryl methyl sites for hydroxylation is 4. The number of urea groups is 2. The van der Waals surface area contributed by atoms with Crippen LogP contribution < -0.4 is 20.7 Å². The predicted octanol–water partition coefficient (Wildman–Crippen LogP) is 3.92. The van der Waals surface area contributed by atoms with Crippen LogP contribution in [-0.2, 0) is 0 Å². The molecule has 0 bridgehead atoms. The zero-order valence-corrected chi connectivity index (χ0v) is 24.8. The lowest BCUT2D eigenvalue weighted by atomic mass is 9.99. The van der Waals surface area contributed by atoms with Crippen LogP contribution in [0, 0.1) is 33.6 Å². The van der Waals surface area contributed by atoms with Gasteiger partial charge in [-0.3, -0.25) is 4.79 Å². The molecular formula is C28H37N7O7. The Morgan fingerprint density at radius 1 is 1.07 bits per heavy atom. The van der Waals surface area contributed by atoms with Crippen LogP contribution >= 0.6 is 0 Å². The zero-order chi connectivity index (χ0) is 30.7. The van der Waals surface area contributed by atoms with Gasteiger partial charge in [0.2, 0.25) is 0 Å². The van der Waals surface area contributed by atoms with Crippen molar-refractivity contribution in [2.24, 2.45) is 5.92 Å². The third kappa shape index (κ3) is 6.48. The van der Waals surface area contributed by atoms with Gasteiger partial charge in [0.1, 0.15) is 34.6 Å². The van der Waals surface area contributed by atoms with Crippen molar-refractivity contribution in [1.29, 1.82) is 0 Å². The number of ether oxygens (including phenoxy) is 1. The molecule has 1 aliphatic heterocycles. The van der Waals surface area contributed by atoms with E-state index in [1.165, 1.54) is 11.0 Å². The van der Waals surface area contributed by atoms with Crippen LogP contribution in [0.4, 0.5) is 26.7 Å². The Morgan fingerprint density at radius 3 is 2.26 bits per heavy atom. The number of anilines is 3. The highest BCUT2D eigenvalue weighted by atomic mass is 16.5. The summed E-state index contributed by atoms with van der Waals surface area (Å²) in [5.74, 6) is 0.697. The molecule has 1 aromatic carbocycles. The average Bonchev–Trinajstić information content (AvgIpc) is 3.44. The molecule has 0 aliphatic carbocycles. The van der Waals surface area contributed by atoms with Gasteiger partial charge < -0.3 is 44.6 Å². The molecule has 2 aromatic heterocycles. The van der Waals surface area contributed by atoms with Gasteiger partial charge in [0, 0.05) is 25.2 Å². The highest BCUT2D eigenvalue weighted by molar-refractivity contribution is 6.03. The molecule has 0 saturated carbocycles. The summed E-state index contributed by atoms with van der Waals surface area (Å²) in [7, 11) is 1.65. The molecule has 3 atom stereocenters. The van der Waals surface area contributed by atoms with Crippen LogP contribution in [0.2, 0.25) is 0 Å². The molecular weight excluding hydrogens is 546 g/mol. The van der Waals surface area contributed by atoms with Crippen molar-refractivity contribution in [1.82, 2.24) is 20.1 Å². The van der Waals surface area contributed by atoms with Gasteiger partial charge in [-0.25, -0.2) is 9.59 Å². The molecule has 14 nitrogen and oxygen atoms in total. The van der Waals surface area contributed by atoms with E-state index < -0.39 is 18.2 Å². The first-order valence-corrected chi connectivity index (χ1v) is 13.6. The molecule has 0 fully saturated rings. The third-order valence-electron chi connectivity index (χ3n) is 7.26. The first-order valence-electron chi connectivity index (χ1n) is 13.6. The number of carbonyl (C=O) groups excluding carboxylic acids is 3. The second kappa shape index (κ2) is 12.5. The zero-order valence-electron chi connectivity index (χ0n) is 24.8. The molecule has 0 spiro atoms. The van der Waals surface area contributed by atoms with Gasteiger partial charge in [-0.2, -0.15) is 0 Å². The fourth-order valence-electron chi connectivity index (χ4n) is 4.67. The molecule has 5 amide bonds. The summed E-state index contributed by atoms with van der Waals surface area (Å²) >= 11 is 0. The quantitative estimate of drug-likeness (QED) is 0.321. The number of likely N-dealkylation sites (N-methyl/N-ethyl adjacent to an activating group) is 1. The minimum absolute atomic E-state index is 0.200. The summed E-state index contributed by atoms with van der Waals surface area (Å²) in [6, 6.07) is 3.37. The summed E-state index contributed by atoms with van der Waals surface area (Å²) < 4.78 is 16.6. The summed E-state index contributed by atoms with van der Waals surface area (Å²) in [5.41, 5.74) is 2.63. The Kier molecular flexibility index (Phi) is 9.05. The van der Waals surface area contributed by atoms with E-state index in [-0.39, 0.29) is 43.1 Å². The third-order valence-corrected chi connectivity index (χ3v) is 7.26. The number of nitrogens with one attached hydrogen (secondary N) is 3. The summed E-state index contributed by atoms with van der Waals surface area (Å²) in [4.78, 5) is 42.5. The maximum absolute atomic E-state index is 13.7. The molecule has 0 saturated heterocycles. The van der Waals surface area contributed by atoms with Gasteiger partial charge >= 0.3 is 12.1 Å². The highest BCUT2D eigenvalue weighted by Gasteiger charge is 2.34. The van der Waals surface area contributed by atoms with Gasteiger partial charge in [0.15, 0.2) is 11.5 Å². The smallest absolute Gasteiger partial charge is 0.323 e. The number of rotatable bonds is 7. The van der Waals surface area contributed by atoms with Gasteiger partial charge in [-0.1, -0.05) is 17.2 Å². The summed E-state index contributed by atoms with van der Waals surface area (Å²) in [6.45, 7) is 10.8. The number of aromatic nitrogens is 2. The Hall–Kier alpha value is -4.59. The van der Waals surface area contributed by atoms with Crippen molar-refractivity contribution in [2.75, 3.05) is 42.7 Å². The molecule has 3 aromatic rings. The first kappa shape index (κ1) is 30.4. The second-order valence-electron chi connectivity index (χ2n) is 10.6. The predicted molar refractivity (Wildman–Crippen MR) is 154 cm³/mol. The van der Waals surface area contributed by atoms with E-state index in [1.807, 2.05) is 6.92 Å². The normalized spacial score (nSPS) is 17.4. The number of benzene rings is 1. The maximum atomic E-state index is 13.7. The molecule has 226 valence electrons. The van der Waals surface area contributed by atoms with Crippen LogP contribution in [0.25, 0.3) is 0 Å². The van der Waals surface area contributed by atoms with E-state index in [0.717, 1.165) is 0 Å². The molecule has 4 N–H and O–H groups in total. The summed E-state index contributed by atoms with van der Waals surface area (Å²) in [6.07, 6.45) is -0.507. The standard InChI is InChI=1S/C28H37N7O7/c1-14-11-35(15(2)13-36)26(37)21-10-20(29-27(38)30-24-16(3)32-41-18(24)5)8-9-22(21)40-23(14)12-34(7)28(39)31-25-17(4)33-42-19(25)6/h8-10,14-15,23,36H,11-13H2,1-7H3,(H,31,39)(H2,29,30,38)/t14-,15+,23-/m0/s1. The van der Waals surface area contributed by atoms with Gasteiger partial charge in [0.25, 0.3) is 5.91 Å². The van der Waals surface area contributed by atoms with E-state index in [0.29, 0.717) is 45.7 Å². The largest absolute Gasteiger partial charge is 0.487 e. The van der Waals surface area contributed by atoms with Crippen molar-refractivity contribution < 1.29 is 33.3 Å². The fourth-order valence-corrected chi connectivity index (χ4v) is 4.67. The molecule has 1 aliphatic rings. The fraction of sp³-hybridized carbons (Fsp3) is 0.464. The van der Waals surface area contributed by atoms with Gasteiger partial charge in [-0.15, -0.1) is 0 Å². The molecule has 0 radical (unpaired) electrons. The van der Waals surface area contributed by atoms with Crippen molar-refractivity contribution in [3.05, 3.63) is 46.7 Å². The van der Waals surface area contributed by atoms with Gasteiger partial charge in [-0.05, 0) is 52.8 Å². The molecule has 42 heavy (non-hydrogen) atoms. The van der Waals surface area contributed by atoms with E-state index in [9.17, 15) is 19.5 Å². The molecule has 3 heterocycles. The first-order chi connectivity index (χ1) is 19.9. The minimum Gasteiger partial charge on any atom is -0.487 e. The number of carbonyl (C=O) groups is 3. The lowest BCUT2D eigenvalue weighted by molar-refractivity contribution is 0.0371. The Morgan fingerprint density at radius 2 is 1.69 bits per heavy atom.